The number of hydrogen-bond acceptors (Lipinski definition) is 7. The first-order valence-corrected chi connectivity index (χ1v) is 8.91. The summed E-state index contributed by atoms with van der Waals surface area (Å²) < 4.78 is 3.80. The third kappa shape index (κ3) is 2.56. The van der Waals surface area contributed by atoms with Gasteiger partial charge >= 0.3 is 0 Å². The first kappa shape index (κ1) is 14.5. The van der Waals surface area contributed by atoms with Crippen LogP contribution in [0.25, 0.3) is 27.1 Å². The van der Waals surface area contributed by atoms with Gasteiger partial charge in [0, 0.05) is 30.1 Å². The van der Waals surface area contributed by atoms with Gasteiger partial charge in [-0.25, -0.2) is 9.97 Å². The van der Waals surface area contributed by atoms with E-state index in [0.717, 1.165) is 32.7 Å². The summed E-state index contributed by atoms with van der Waals surface area (Å²) in [5, 5.41) is 22.0. The maximum atomic E-state index is 8.88. The molecule has 9 heteroatoms. The molecule has 1 N–H and O–H groups in total. The molecule has 0 aliphatic rings. The Morgan fingerprint density at radius 1 is 1.22 bits per heavy atom. The number of fused-ring (bicyclic) bond motifs is 1. The summed E-state index contributed by atoms with van der Waals surface area (Å²) in [7, 11) is 0. The SMILES string of the molecule is Cc1nc2sccn2c1-c1nc(-c2cn(CCCO)nn2)cs1. The van der Waals surface area contributed by atoms with Crippen LogP contribution < -0.4 is 0 Å². The highest BCUT2D eigenvalue weighted by Crippen LogP contribution is 2.31. The fourth-order valence-corrected chi connectivity index (χ4v) is 4.07. The Morgan fingerprint density at radius 3 is 3.00 bits per heavy atom. The zero-order valence-corrected chi connectivity index (χ0v) is 14.0. The Hall–Kier alpha value is -2.10. The van der Waals surface area contributed by atoms with Gasteiger partial charge in [-0.3, -0.25) is 9.08 Å². The highest BCUT2D eigenvalue weighted by molar-refractivity contribution is 7.15. The van der Waals surface area contributed by atoms with Crippen LogP contribution >= 0.6 is 22.7 Å². The lowest BCUT2D eigenvalue weighted by molar-refractivity contribution is 0.276. The van der Waals surface area contributed by atoms with Crippen LogP contribution in [0.1, 0.15) is 12.1 Å². The van der Waals surface area contributed by atoms with E-state index in [0.29, 0.717) is 13.0 Å². The minimum Gasteiger partial charge on any atom is -0.396 e. The van der Waals surface area contributed by atoms with Gasteiger partial charge in [-0.05, 0) is 13.3 Å². The monoisotopic (exact) mass is 346 g/mol. The summed E-state index contributed by atoms with van der Waals surface area (Å²) in [5.41, 5.74) is 3.56. The average molecular weight is 346 g/mol. The number of rotatable bonds is 5. The zero-order chi connectivity index (χ0) is 15.8. The Balaban J connectivity index is 1.67. The fourth-order valence-electron chi connectivity index (χ4n) is 2.41. The van der Waals surface area contributed by atoms with Gasteiger partial charge in [-0.2, -0.15) is 0 Å². The van der Waals surface area contributed by atoms with Crippen LogP contribution in [0.4, 0.5) is 0 Å². The van der Waals surface area contributed by atoms with E-state index in [4.69, 9.17) is 10.1 Å². The number of hydrogen-bond donors (Lipinski definition) is 1. The lowest BCUT2D eigenvalue weighted by Gasteiger charge is -1.95. The Kier molecular flexibility index (Phi) is 3.68. The molecular formula is C14H14N6OS2. The molecule has 7 nitrogen and oxygen atoms in total. The van der Waals surface area contributed by atoms with E-state index in [9.17, 15) is 0 Å². The quantitative estimate of drug-likeness (QED) is 0.600. The van der Waals surface area contributed by atoms with Crippen LogP contribution in [0.2, 0.25) is 0 Å². The first-order valence-electron chi connectivity index (χ1n) is 7.15. The molecule has 0 aromatic carbocycles. The summed E-state index contributed by atoms with van der Waals surface area (Å²) in [6.07, 6.45) is 4.54. The number of aliphatic hydroxyl groups excluding tert-OH is 1. The molecule has 0 spiro atoms. The summed E-state index contributed by atoms with van der Waals surface area (Å²) >= 11 is 3.19. The minimum absolute atomic E-state index is 0.146. The van der Waals surface area contributed by atoms with Crippen LogP contribution in [0.5, 0.6) is 0 Å². The van der Waals surface area contributed by atoms with E-state index in [1.165, 1.54) is 0 Å². The van der Waals surface area contributed by atoms with Crippen molar-refractivity contribution < 1.29 is 5.11 Å². The molecule has 0 atom stereocenters. The molecule has 0 amide bonds. The molecule has 0 unspecified atom stereocenters. The van der Waals surface area contributed by atoms with E-state index >= 15 is 0 Å². The van der Waals surface area contributed by atoms with Gasteiger partial charge in [0.25, 0.3) is 0 Å². The van der Waals surface area contributed by atoms with Gasteiger partial charge in [0.2, 0.25) is 0 Å². The normalized spacial score (nSPS) is 11.6. The van der Waals surface area contributed by atoms with Crippen molar-refractivity contribution in [2.75, 3.05) is 6.61 Å². The molecule has 0 saturated heterocycles. The minimum atomic E-state index is 0.146. The number of imidazole rings is 1. The van der Waals surface area contributed by atoms with Crippen LogP contribution in [0.15, 0.2) is 23.2 Å². The molecule has 4 rings (SSSR count). The van der Waals surface area contributed by atoms with Gasteiger partial charge in [-0.15, -0.1) is 27.8 Å². The van der Waals surface area contributed by atoms with Crippen molar-refractivity contribution >= 4 is 27.6 Å². The second-order valence-electron chi connectivity index (χ2n) is 5.08. The maximum Gasteiger partial charge on any atom is 0.194 e. The van der Waals surface area contributed by atoms with Gasteiger partial charge in [0.05, 0.1) is 11.9 Å². The molecule has 0 saturated carbocycles. The van der Waals surface area contributed by atoms with Crippen molar-refractivity contribution in [1.29, 1.82) is 0 Å². The van der Waals surface area contributed by atoms with Crippen LogP contribution in [-0.4, -0.2) is 41.1 Å². The van der Waals surface area contributed by atoms with Crippen LogP contribution in [-0.2, 0) is 6.54 Å². The van der Waals surface area contributed by atoms with Crippen molar-refractivity contribution in [1.82, 2.24) is 29.4 Å². The second kappa shape index (κ2) is 5.84. The Labute approximate surface area is 139 Å². The summed E-state index contributed by atoms with van der Waals surface area (Å²) in [5.74, 6) is 0. The Bertz CT molecular complexity index is 950. The van der Waals surface area contributed by atoms with Crippen molar-refractivity contribution in [2.45, 2.75) is 19.9 Å². The summed E-state index contributed by atoms with van der Waals surface area (Å²) in [6, 6.07) is 0. The van der Waals surface area contributed by atoms with Crippen LogP contribution in [0, 0.1) is 6.92 Å². The third-order valence-electron chi connectivity index (χ3n) is 3.49. The number of aromatic nitrogens is 6. The van der Waals surface area contributed by atoms with E-state index in [-0.39, 0.29) is 6.61 Å². The smallest absolute Gasteiger partial charge is 0.194 e. The number of thiazole rings is 2. The van der Waals surface area contributed by atoms with Crippen molar-refractivity contribution in [2.24, 2.45) is 0 Å². The van der Waals surface area contributed by atoms with E-state index in [1.54, 1.807) is 27.4 Å². The van der Waals surface area contributed by atoms with E-state index < -0.39 is 0 Å². The predicted octanol–water partition coefficient (Wildman–Crippen LogP) is 2.47. The van der Waals surface area contributed by atoms with E-state index in [1.807, 2.05) is 30.1 Å². The standard InChI is InChI=1S/C14H14N6OS2/c1-9-12(20-4-6-22-14(20)15-9)13-16-11(8-23-13)10-7-19(18-17-10)3-2-5-21/h4,6-8,21H,2-3,5H2,1H3. The molecule has 118 valence electrons. The topological polar surface area (TPSA) is 81.1 Å². The molecule has 0 aliphatic carbocycles. The lowest BCUT2D eigenvalue weighted by atomic mass is 10.3. The molecule has 23 heavy (non-hydrogen) atoms. The molecule has 0 radical (unpaired) electrons. The van der Waals surface area contributed by atoms with Gasteiger partial charge in [0.1, 0.15) is 22.1 Å². The average Bonchev–Trinajstić information content (AvgIpc) is 3.28. The summed E-state index contributed by atoms with van der Waals surface area (Å²) in [6.45, 7) is 2.80. The molecule has 4 aromatic rings. The number of aryl methyl sites for hydroxylation is 2. The lowest BCUT2D eigenvalue weighted by Crippen LogP contribution is -2.00. The number of nitrogens with zero attached hydrogens (tertiary/aromatic N) is 6. The van der Waals surface area contributed by atoms with Gasteiger partial charge < -0.3 is 5.11 Å². The molecule has 0 fully saturated rings. The first-order chi connectivity index (χ1) is 11.3. The van der Waals surface area contributed by atoms with Crippen molar-refractivity contribution in [3.63, 3.8) is 0 Å². The fraction of sp³-hybridized carbons (Fsp3) is 0.286. The molecule has 0 aliphatic heterocycles. The Morgan fingerprint density at radius 2 is 2.13 bits per heavy atom. The summed E-state index contributed by atoms with van der Waals surface area (Å²) in [4.78, 5) is 10.2. The highest BCUT2D eigenvalue weighted by Gasteiger charge is 2.16. The van der Waals surface area contributed by atoms with Gasteiger partial charge in [-0.1, -0.05) is 5.21 Å². The third-order valence-corrected chi connectivity index (χ3v) is 5.10. The second-order valence-corrected chi connectivity index (χ2v) is 6.81. The molecule has 4 heterocycles. The zero-order valence-electron chi connectivity index (χ0n) is 12.4. The maximum absolute atomic E-state index is 8.88. The van der Waals surface area contributed by atoms with Crippen molar-refractivity contribution in [3.8, 4) is 22.1 Å². The molecule has 4 aromatic heterocycles. The number of aliphatic hydroxyl groups is 1. The molecule has 0 bridgehead atoms. The molecular weight excluding hydrogens is 332 g/mol. The van der Waals surface area contributed by atoms with Crippen LogP contribution in [0.3, 0.4) is 0 Å². The van der Waals surface area contributed by atoms with E-state index in [2.05, 4.69) is 19.7 Å². The van der Waals surface area contributed by atoms with Gasteiger partial charge in [0.15, 0.2) is 4.96 Å². The highest BCUT2D eigenvalue weighted by atomic mass is 32.1. The van der Waals surface area contributed by atoms with Crippen molar-refractivity contribution in [3.05, 3.63) is 28.8 Å². The largest absolute Gasteiger partial charge is 0.396 e. The predicted molar refractivity (Wildman–Crippen MR) is 89.6 cm³/mol.